The summed E-state index contributed by atoms with van der Waals surface area (Å²) in [4.78, 5) is 37.6. The van der Waals surface area contributed by atoms with E-state index in [4.69, 9.17) is 9.47 Å². The van der Waals surface area contributed by atoms with Gasteiger partial charge in [-0.05, 0) is 44.0 Å². The molecule has 2 fully saturated rings. The SMILES string of the molecule is CCOC(=O)c1ccc(OC[C@H](O)CN2C(=O)CC3(CCCC3)C2=O)cc1. The number of carbonyl (C=O) groups excluding carboxylic acids is 3. The number of imide groups is 1. The predicted octanol–water partition coefficient (Wildman–Crippen LogP) is 1.92. The van der Waals surface area contributed by atoms with Crippen molar-refractivity contribution >= 4 is 17.8 Å². The van der Waals surface area contributed by atoms with Gasteiger partial charge in [0.2, 0.25) is 11.8 Å². The molecule has 1 aliphatic heterocycles. The first-order valence-corrected chi connectivity index (χ1v) is 9.38. The van der Waals surface area contributed by atoms with Gasteiger partial charge < -0.3 is 14.6 Å². The first-order valence-electron chi connectivity index (χ1n) is 9.38. The van der Waals surface area contributed by atoms with Crippen molar-refractivity contribution in [3.63, 3.8) is 0 Å². The Bertz CT molecular complexity index is 708. The Balaban J connectivity index is 1.51. The molecule has 2 aliphatic rings. The largest absolute Gasteiger partial charge is 0.491 e. The molecule has 1 N–H and O–H groups in total. The van der Waals surface area contributed by atoms with Gasteiger partial charge >= 0.3 is 5.97 Å². The minimum absolute atomic E-state index is 0.0528. The molecule has 27 heavy (non-hydrogen) atoms. The molecule has 1 saturated carbocycles. The van der Waals surface area contributed by atoms with E-state index >= 15 is 0 Å². The van der Waals surface area contributed by atoms with Gasteiger partial charge in [0.1, 0.15) is 18.5 Å². The summed E-state index contributed by atoms with van der Waals surface area (Å²) in [5, 5.41) is 10.2. The Labute approximate surface area is 158 Å². The van der Waals surface area contributed by atoms with Crippen molar-refractivity contribution in [3.05, 3.63) is 29.8 Å². The molecule has 7 heteroatoms. The highest BCUT2D eigenvalue weighted by Crippen LogP contribution is 2.46. The van der Waals surface area contributed by atoms with Crippen LogP contribution in [0.1, 0.15) is 49.4 Å². The molecule has 0 unspecified atom stereocenters. The number of rotatable bonds is 7. The Morgan fingerprint density at radius 2 is 1.89 bits per heavy atom. The van der Waals surface area contributed by atoms with E-state index in [1.165, 1.54) is 4.90 Å². The zero-order valence-corrected chi connectivity index (χ0v) is 15.5. The van der Waals surface area contributed by atoms with Crippen LogP contribution >= 0.6 is 0 Å². The molecule has 1 aliphatic carbocycles. The van der Waals surface area contributed by atoms with Crippen LogP contribution in [0.2, 0.25) is 0 Å². The van der Waals surface area contributed by atoms with Gasteiger partial charge in [0.15, 0.2) is 0 Å². The van der Waals surface area contributed by atoms with Crippen LogP contribution in [0.25, 0.3) is 0 Å². The van der Waals surface area contributed by atoms with Gasteiger partial charge in [-0.2, -0.15) is 0 Å². The van der Waals surface area contributed by atoms with E-state index in [9.17, 15) is 19.5 Å². The highest BCUT2D eigenvalue weighted by atomic mass is 16.5. The molecule has 0 bridgehead atoms. The Morgan fingerprint density at radius 1 is 1.22 bits per heavy atom. The molecule has 1 spiro atoms. The second-order valence-electron chi connectivity index (χ2n) is 7.18. The predicted molar refractivity (Wildman–Crippen MR) is 96.1 cm³/mol. The third kappa shape index (κ3) is 4.13. The second-order valence-corrected chi connectivity index (χ2v) is 7.18. The number of likely N-dealkylation sites (tertiary alicyclic amines) is 1. The highest BCUT2D eigenvalue weighted by molar-refractivity contribution is 6.06. The lowest BCUT2D eigenvalue weighted by molar-refractivity contribution is -0.143. The number of aliphatic hydroxyl groups excluding tert-OH is 1. The highest BCUT2D eigenvalue weighted by Gasteiger charge is 2.52. The van der Waals surface area contributed by atoms with E-state index in [0.29, 0.717) is 17.9 Å². The number of amides is 2. The summed E-state index contributed by atoms with van der Waals surface area (Å²) in [6, 6.07) is 6.38. The second kappa shape index (κ2) is 8.08. The van der Waals surface area contributed by atoms with Gasteiger partial charge in [-0.25, -0.2) is 4.79 Å². The van der Waals surface area contributed by atoms with Gasteiger partial charge in [0.05, 0.1) is 24.1 Å². The summed E-state index contributed by atoms with van der Waals surface area (Å²) >= 11 is 0. The summed E-state index contributed by atoms with van der Waals surface area (Å²) in [6.45, 7) is 1.93. The molecule has 146 valence electrons. The lowest BCUT2D eigenvalue weighted by Crippen LogP contribution is -2.41. The van der Waals surface area contributed by atoms with Crippen molar-refractivity contribution in [2.45, 2.75) is 45.1 Å². The minimum Gasteiger partial charge on any atom is -0.491 e. The zero-order chi connectivity index (χ0) is 19.4. The lowest BCUT2D eigenvalue weighted by atomic mass is 9.84. The van der Waals surface area contributed by atoms with Gasteiger partial charge in [-0.3, -0.25) is 14.5 Å². The van der Waals surface area contributed by atoms with Crippen LogP contribution in [0.15, 0.2) is 24.3 Å². The smallest absolute Gasteiger partial charge is 0.338 e. The van der Waals surface area contributed by atoms with Crippen LogP contribution in [0.5, 0.6) is 5.75 Å². The maximum absolute atomic E-state index is 12.6. The number of ether oxygens (including phenoxy) is 2. The summed E-state index contributed by atoms with van der Waals surface area (Å²) in [7, 11) is 0. The standard InChI is InChI=1S/C20H25NO6/c1-2-26-18(24)14-5-7-16(8-6-14)27-13-15(22)12-21-17(23)11-20(19(21)25)9-3-4-10-20/h5-8,15,22H,2-4,9-13H2,1H3/t15-/m1/s1. The normalized spacial score (nSPS) is 19.6. The molecular formula is C20H25NO6. The number of esters is 1. The van der Waals surface area contributed by atoms with E-state index < -0.39 is 17.5 Å². The molecule has 2 amide bonds. The van der Waals surface area contributed by atoms with Gasteiger partial charge in [0, 0.05) is 6.42 Å². The Hall–Kier alpha value is -2.41. The Kier molecular flexibility index (Phi) is 5.79. The first-order chi connectivity index (χ1) is 12.9. The summed E-state index contributed by atoms with van der Waals surface area (Å²) in [6.07, 6.45) is 2.75. The van der Waals surface area contributed by atoms with E-state index in [-0.39, 0.29) is 31.4 Å². The molecule has 0 radical (unpaired) electrons. The number of carbonyl (C=O) groups is 3. The van der Waals surface area contributed by atoms with E-state index in [2.05, 4.69) is 0 Å². The molecule has 1 saturated heterocycles. The molecule has 1 atom stereocenters. The number of nitrogens with zero attached hydrogens (tertiary/aromatic N) is 1. The number of hydrogen-bond acceptors (Lipinski definition) is 6. The molecule has 1 aromatic carbocycles. The van der Waals surface area contributed by atoms with Crippen LogP contribution in [0.4, 0.5) is 0 Å². The maximum Gasteiger partial charge on any atom is 0.338 e. The van der Waals surface area contributed by atoms with E-state index in [1.807, 2.05) is 0 Å². The van der Waals surface area contributed by atoms with Crippen molar-refractivity contribution in [2.24, 2.45) is 5.41 Å². The molecular weight excluding hydrogens is 350 g/mol. The van der Waals surface area contributed by atoms with Gasteiger partial charge in [-0.15, -0.1) is 0 Å². The van der Waals surface area contributed by atoms with Crippen LogP contribution in [0.3, 0.4) is 0 Å². The Morgan fingerprint density at radius 3 is 2.52 bits per heavy atom. The average Bonchev–Trinajstić information content (AvgIpc) is 3.21. The minimum atomic E-state index is -0.973. The summed E-state index contributed by atoms with van der Waals surface area (Å²) in [5.74, 6) is -0.285. The molecule has 0 aromatic heterocycles. The van der Waals surface area contributed by atoms with Crippen LogP contribution in [-0.2, 0) is 14.3 Å². The average molecular weight is 375 g/mol. The fourth-order valence-electron chi connectivity index (χ4n) is 3.84. The van der Waals surface area contributed by atoms with E-state index in [0.717, 1.165) is 25.7 Å². The molecule has 1 aromatic rings. The van der Waals surface area contributed by atoms with Crippen molar-refractivity contribution in [1.82, 2.24) is 4.90 Å². The fourth-order valence-corrected chi connectivity index (χ4v) is 3.84. The van der Waals surface area contributed by atoms with Crippen LogP contribution < -0.4 is 4.74 Å². The van der Waals surface area contributed by atoms with Crippen molar-refractivity contribution < 1.29 is 29.0 Å². The molecule has 1 heterocycles. The molecule has 3 rings (SSSR count). The van der Waals surface area contributed by atoms with Crippen molar-refractivity contribution in [3.8, 4) is 5.75 Å². The van der Waals surface area contributed by atoms with Gasteiger partial charge in [0.25, 0.3) is 0 Å². The summed E-state index contributed by atoms with van der Waals surface area (Å²) in [5.41, 5.74) is -0.111. The number of hydrogen-bond donors (Lipinski definition) is 1. The lowest BCUT2D eigenvalue weighted by Gasteiger charge is -2.23. The van der Waals surface area contributed by atoms with Crippen LogP contribution in [0, 0.1) is 5.41 Å². The van der Waals surface area contributed by atoms with Crippen molar-refractivity contribution in [2.75, 3.05) is 19.8 Å². The number of β-amino-alcohol motifs (C(OH)–C–C–N with tert-alkyl or cyclic N) is 1. The number of aliphatic hydroxyl groups is 1. The van der Waals surface area contributed by atoms with Gasteiger partial charge in [-0.1, -0.05) is 12.8 Å². The topological polar surface area (TPSA) is 93.1 Å². The third-order valence-electron chi connectivity index (χ3n) is 5.25. The first kappa shape index (κ1) is 19.4. The van der Waals surface area contributed by atoms with E-state index in [1.54, 1.807) is 31.2 Å². The quantitative estimate of drug-likeness (QED) is 0.578. The maximum atomic E-state index is 12.6. The molecule has 7 nitrogen and oxygen atoms in total. The monoisotopic (exact) mass is 375 g/mol. The third-order valence-corrected chi connectivity index (χ3v) is 5.25. The number of benzene rings is 1. The van der Waals surface area contributed by atoms with Crippen molar-refractivity contribution in [1.29, 1.82) is 0 Å². The van der Waals surface area contributed by atoms with Crippen LogP contribution in [-0.4, -0.2) is 53.7 Å². The zero-order valence-electron chi connectivity index (χ0n) is 15.5. The summed E-state index contributed by atoms with van der Waals surface area (Å²) < 4.78 is 10.4. The fraction of sp³-hybridized carbons (Fsp3) is 0.550.